The number of hydrogen-bond acceptors (Lipinski definition) is 0. The van der Waals surface area contributed by atoms with Crippen molar-refractivity contribution in [3.8, 4) is 0 Å². The summed E-state index contributed by atoms with van der Waals surface area (Å²) < 4.78 is 0. The summed E-state index contributed by atoms with van der Waals surface area (Å²) in [5, 5.41) is 0. The first-order chi connectivity index (χ1) is 2.45. The Labute approximate surface area is 161 Å². The summed E-state index contributed by atoms with van der Waals surface area (Å²) in [7, 11) is 30.3. The molecule has 0 saturated heterocycles. The average Bonchev–Trinajstić information content (AvgIpc) is 0.592. The van der Waals surface area contributed by atoms with Crippen molar-refractivity contribution in [1.29, 1.82) is 0 Å². The standard InChI is InChI=1S/6ClH.Ir.2K/h6*1H;;;/q;;;;;;+6;;/p-6. The van der Waals surface area contributed by atoms with Gasteiger partial charge in [-0.05, 0) is 0 Å². The number of halogens is 6. The SMILES string of the molecule is [Cl][Ir]([Cl])([Cl])([Cl])([Cl])[Cl].[K].[K]. The van der Waals surface area contributed by atoms with Crippen molar-refractivity contribution >= 4 is 160 Å². The van der Waals surface area contributed by atoms with Crippen LogP contribution in [0.1, 0.15) is 0 Å². The van der Waals surface area contributed by atoms with Gasteiger partial charge in [0.2, 0.25) is 0 Å². The molecule has 0 N–H and O–H groups in total. The first-order valence-electron chi connectivity index (χ1n) is 0.756. The summed E-state index contributed by atoms with van der Waals surface area (Å²) in [4.78, 5) is 0. The Morgan fingerprint density at radius 3 is 0.556 bits per heavy atom. The van der Waals surface area contributed by atoms with Crippen LogP contribution in [-0.2, 0) is 6.81 Å². The van der Waals surface area contributed by atoms with Gasteiger partial charge in [0.15, 0.2) is 0 Å². The minimum Gasteiger partial charge on any atom is 0 e. The van der Waals surface area contributed by atoms with Gasteiger partial charge in [-0.15, -0.1) is 0 Å². The molecule has 0 aliphatic carbocycles. The van der Waals surface area contributed by atoms with Gasteiger partial charge in [-0.3, -0.25) is 0 Å². The van der Waals surface area contributed by atoms with Crippen LogP contribution in [0.2, 0.25) is 0 Å². The smallest absolute Gasteiger partial charge is 0 e. The topological polar surface area (TPSA) is 0 Å². The third kappa shape index (κ3) is 58.0. The Bertz CT molecular complexity index is 69.6. The molecule has 0 aromatic rings. The maximum Gasteiger partial charge on any atom is 0 e. The Hall–Kier alpha value is 5.66. The molecule has 0 amide bonds. The summed E-state index contributed by atoms with van der Waals surface area (Å²) in [6.07, 6.45) is 0. The molecule has 9 heteroatoms. The van der Waals surface area contributed by atoms with Crippen LogP contribution in [0.4, 0.5) is 0 Å². The van der Waals surface area contributed by atoms with Gasteiger partial charge in [0, 0.05) is 103 Å². The first-order valence-corrected chi connectivity index (χ1v) is 18.6. The first kappa shape index (κ1) is 20.1. The van der Waals surface area contributed by atoms with Crippen LogP contribution in [0.25, 0.3) is 0 Å². The summed E-state index contributed by atoms with van der Waals surface area (Å²) in [5.74, 6) is 0. The summed E-state index contributed by atoms with van der Waals surface area (Å²) in [6, 6.07) is 0. The van der Waals surface area contributed by atoms with Crippen molar-refractivity contribution in [3.05, 3.63) is 0 Å². The van der Waals surface area contributed by atoms with Crippen LogP contribution in [-0.4, -0.2) is 103 Å². The molecule has 0 aliphatic heterocycles. The van der Waals surface area contributed by atoms with Gasteiger partial charge >= 0.3 is 64.3 Å². The molecule has 9 heavy (non-hydrogen) atoms. The average molecular weight is 483 g/mol. The minimum absolute atomic E-state index is 0. The fraction of sp³-hybridized carbons (Fsp3) is 0. The Balaban J connectivity index is -0.000000180. The van der Waals surface area contributed by atoms with E-state index in [0.717, 1.165) is 0 Å². The largest absolute Gasteiger partial charge is 0 e. The van der Waals surface area contributed by atoms with Crippen molar-refractivity contribution in [2.75, 3.05) is 0 Å². The molecule has 0 saturated carbocycles. The molecule has 0 heterocycles. The van der Waals surface area contributed by atoms with Gasteiger partial charge in [0.05, 0.1) is 0 Å². The zero-order valence-corrected chi connectivity index (χ0v) is 17.8. The van der Waals surface area contributed by atoms with E-state index in [1.165, 1.54) is 0 Å². The fourth-order valence-corrected chi connectivity index (χ4v) is 0. The van der Waals surface area contributed by atoms with Gasteiger partial charge in [-0.1, -0.05) is 0 Å². The normalized spacial score (nSPS) is 18.0. The van der Waals surface area contributed by atoms with Crippen LogP contribution in [0, 0.1) is 0 Å². The zero-order chi connectivity index (χ0) is 6.41. The van der Waals surface area contributed by atoms with Crippen LogP contribution in [0.3, 0.4) is 0 Å². The maximum absolute atomic E-state index is 5.33. The molecular weight excluding hydrogens is 483 g/mol. The van der Waals surface area contributed by atoms with Crippen molar-refractivity contribution in [1.82, 2.24) is 0 Å². The third-order valence-corrected chi connectivity index (χ3v) is 0. The number of rotatable bonds is 0. The van der Waals surface area contributed by atoms with Gasteiger partial charge in [-0.25, -0.2) is 0 Å². The molecule has 0 aromatic heterocycles. The van der Waals surface area contributed by atoms with E-state index in [1.54, 1.807) is 0 Å². The second-order valence-electron chi connectivity index (χ2n) is 0.714. The van der Waals surface area contributed by atoms with Gasteiger partial charge < -0.3 is 0 Å². The molecule has 0 unspecified atom stereocenters. The second kappa shape index (κ2) is 5.13. The van der Waals surface area contributed by atoms with Crippen LogP contribution in [0.15, 0.2) is 0 Å². The van der Waals surface area contributed by atoms with E-state index >= 15 is 0 Å². The van der Waals surface area contributed by atoms with Crippen molar-refractivity contribution in [3.63, 3.8) is 0 Å². The van der Waals surface area contributed by atoms with E-state index in [2.05, 4.69) is 0 Å². The predicted molar refractivity (Wildman–Crippen MR) is 46.6 cm³/mol. The van der Waals surface area contributed by atoms with Gasteiger partial charge in [-0.2, -0.15) is 0 Å². The van der Waals surface area contributed by atoms with E-state index in [0.29, 0.717) is 0 Å². The predicted octanol–water partition coefficient (Wildman–Crippen LogP) is 3.37. The molecule has 0 fully saturated rings. The van der Waals surface area contributed by atoms with E-state index in [9.17, 15) is 0 Å². The van der Waals surface area contributed by atoms with Crippen LogP contribution < -0.4 is 0 Å². The monoisotopic (exact) mass is 481 g/mol. The Morgan fingerprint density at radius 2 is 0.556 bits per heavy atom. The third-order valence-electron chi connectivity index (χ3n) is 0. The summed E-state index contributed by atoms with van der Waals surface area (Å²) >= 11 is 0. The van der Waals surface area contributed by atoms with Gasteiger partial charge in [0.25, 0.3) is 0 Å². The molecular formula is Cl6IrK2. The molecule has 0 atom stereocenters. The molecule has 2 radical (unpaired) electrons. The molecule has 0 rings (SSSR count). The van der Waals surface area contributed by atoms with Crippen LogP contribution >= 0.6 is 57.5 Å². The van der Waals surface area contributed by atoms with Gasteiger partial charge in [0.1, 0.15) is 0 Å². The quantitative estimate of drug-likeness (QED) is 0.464. The van der Waals surface area contributed by atoms with E-state index in [1.807, 2.05) is 0 Å². The minimum atomic E-state index is -5.33. The van der Waals surface area contributed by atoms with Crippen molar-refractivity contribution < 1.29 is 6.81 Å². The van der Waals surface area contributed by atoms with E-state index < -0.39 is 6.81 Å². The maximum atomic E-state index is 5.06. The summed E-state index contributed by atoms with van der Waals surface area (Å²) in [6.45, 7) is -5.33. The van der Waals surface area contributed by atoms with Crippen LogP contribution in [0.5, 0.6) is 0 Å². The molecule has 0 spiro atoms. The van der Waals surface area contributed by atoms with Crippen molar-refractivity contribution in [2.24, 2.45) is 0 Å². The van der Waals surface area contributed by atoms with E-state index in [4.69, 9.17) is 57.5 Å². The zero-order valence-electron chi connectivity index (χ0n) is 4.60. The Kier molecular flexibility index (Phi) is 11.5. The van der Waals surface area contributed by atoms with E-state index in [-0.39, 0.29) is 103 Å². The molecule has 0 nitrogen and oxygen atoms in total. The Morgan fingerprint density at radius 1 is 0.556 bits per heavy atom. The summed E-state index contributed by atoms with van der Waals surface area (Å²) in [5.41, 5.74) is 0. The molecule has 0 bridgehead atoms. The molecule has 0 aromatic carbocycles. The number of hydrogen-bond donors (Lipinski definition) is 0. The molecule has 0 aliphatic rings. The fourth-order valence-electron chi connectivity index (χ4n) is 0. The molecule has 53 valence electrons. The second-order valence-corrected chi connectivity index (χ2v) is 52.6. The van der Waals surface area contributed by atoms with Crippen molar-refractivity contribution in [2.45, 2.75) is 0 Å².